The first kappa shape index (κ1) is 43.1. The molecular formula is C33H26N6O17S4. The van der Waals surface area contributed by atoms with E-state index in [4.69, 9.17) is 15.0 Å². The van der Waals surface area contributed by atoms with E-state index >= 15 is 0 Å². The molecule has 314 valence electrons. The van der Waals surface area contributed by atoms with Crippen LogP contribution in [0.5, 0.6) is 5.88 Å². The van der Waals surface area contributed by atoms with E-state index in [0.29, 0.717) is 10.7 Å². The topological polar surface area (TPSA) is 368 Å². The van der Waals surface area contributed by atoms with Crippen molar-refractivity contribution in [1.29, 1.82) is 0 Å². The minimum atomic E-state index is -5.29. The summed E-state index contributed by atoms with van der Waals surface area (Å²) < 4.78 is 135. The SMILES string of the molecule is COC(=O)c1nn(-c2ccc(Nc3cc(S(=O)(=O)O)c(N)c4c3C(=O)c3ccccc3C4=O)c(S(=O)(=O)O)c2)c(O)c1N=Nc1ccc(S(=O)(=O)CCOS(=O)(=O)O)cc1. The van der Waals surface area contributed by atoms with Gasteiger partial charge in [0.25, 0.3) is 20.2 Å². The van der Waals surface area contributed by atoms with Gasteiger partial charge in [-0.15, -0.1) is 5.11 Å². The van der Waals surface area contributed by atoms with E-state index in [1.807, 2.05) is 0 Å². The number of ketones is 2. The Kier molecular flexibility index (Phi) is 11.2. The van der Waals surface area contributed by atoms with Crippen LogP contribution in [0.4, 0.5) is 28.4 Å². The predicted molar refractivity (Wildman–Crippen MR) is 204 cm³/mol. The zero-order valence-corrected chi connectivity index (χ0v) is 33.2. The summed E-state index contributed by atoms with van der Waals surface area (Å²) in [6, 6.07) is 13.3. The number of benzene rings is 4. The number of nitrogens with two attached hydrogens (primary N) is 1. The van der Waals surface area contributed by atoms with Gasteiger partial charge in [-0.3, -0.25) is 23.2 Å². The van der Waals surface area contributed by atoms with E-state index < -0.39 is 126 Å². The molecule has 0 spiro atoms. The summed E-state index contributed by atoms with van der Waals surface area (Å²) in [4.78, 5) is 37.7. The lowest BCUT2D eigenvalue weighted by Gasteiger charge is -2.24. The number of nitrogen functional groups attached to an aromatic ring is 1. The van der Waals surface area contributed by atoms with Gasteiger partial charge in [0.1, 0.15) is 9.79 Å². The molecule has 23 nitrogen and oxygen atoms in total. The standard InChI is InChI=1S/C33H26N6O17S4/c1-55-33(43)29-28(37-36-16-6-9-18(10-7-16)57(44,45)13-12-56-60(52,53)54)32(42)39(38-29)17-8-11-21(23(14-17)58(46,47)48)35-22-15-24(59(49,50)51)27(34)26-25(22)30(40)19-4-2-3-5-20(19)31(26)41/h2-11,14-15,35,42H,12-13,34H2,1H3,(H,46,47,48)(H,49,50,51)(H,52,53,54). The Morgan fingerprint density at radius 1 is 0.800 bits per heavy atom. The molecule has 0 aliphatic heterocycles. The van der Waals surface area contributed by atoms with Gasteiger partial charge in [0, 0.05) is 11.1 Å². The van der Waals surface area contributed by atoms with Gasteiger partial charge in [-0.05, 0) is 48.5 Å². The van der Waals surface area contributed by atoms with Crippen molar-refractivity contribution in [1.82, 2.24) is 9.78 Å². The first-order valence-electron chi connectivity index (χ1n) is 16.2. The summed E-state index contributed by atoms with van der Waals surface area (Å²) in [5.41, 5.74) is 1.02. The van der Waals surface area contributed by atoms with Crippen molar-refractivity contribution in [2.24, 2.45) is 10.2 Å². The second-order valence-corrected chi connectivity index (χ2v) is 18.2. The van der Waals surface area contributed by atoms with Crippen molar-refractivity contribution in [3.05, 3.63) is 101 Å². The lowest BCUT2D eigenvalue weighted by molar-refractivity contribution is 0.0594. The van der Waals surface area contributed by atoms with Crippen LogP contribution in [0.2, 0.25) is 0 Å². The number of hydrogen-bond donors (Lipinski definition) is 6. The number of methoxy groups -OCH3 is 1. The van der Waals surface area contributed by atoms with Crippen molar-refractivity contribution in [2.45, 2.75) is 14.7 Å². The quantitative estimate of drug-likeness (QED) is 0.0420. The Bertz CT molecular complexity index is 3150. The zero-order chi connectivity index (χ0) is 44.1. The van der Waals surface area contributed by atoms with Crippen molar-refractivity contribution < 1.29 is 75.7 Å². The van der Waals surface area contributed by atoms with Gasteiger partial charge in [-0.2, -0.15) is 40.1 Å². The number of rotatable bonds is 13. The number of esters is 1. The molecule has 7 N–H and O–H groups in total. The van der Waals surface area contributed by atoms with Crippen LogP contribution >= 0.6 is 0 Å². The molecule has 5 aromatic rings. The average molecular weight is 907 g/mol. The van der Waals surface area contributed by atoms with Crippen LogP contribution in [0, 0.1) is 0 Å². The summed E-state index contributed by atoms with van der Waals surface area (Å²) >= 11 is 0. The largest absolute Gasteiger partial charge is 0.492 e. The fourth-order valence-electron chi connectivity index (χ4n) is 5.81. The normalized spacial score (nSPS) is 13.3. The third kappa shape index (κ3) is 8.49. The summed E-state index contributed by atoms with van der Waals surface area (Å²) in [5, 5.41) is 25.3. The summed E-state index contributed by atoms with van der Waals surface area (Å²) in [7, 11) is -18.5. The fourth-order valence-corrected chi connectivity index (χ4v) is 8.61. The number of carbonyl (C=O) groups excluding carboxylic acids is 3. The van der Waals surface area contributed by atoms with Gasteiger partial charge in [-0.1, -0.05) is 24.3 Å². The molecule has 60 heavy (non-hydrogen) atoms. The number of ether oxygens (including phenoxy) is 1. The van der Waals surface area contributed by atoms with Gasteiger partial charge >= 0.3 is 16.4 Å². The number of nitrogens with zero attached hydrogens (tertiary/aromatic N) is 4. The number of aromatic hydroxyl groups is 1. The van der Waals surface area contributed by atoms with Crippen LogP contribution in [0.3, 0.4) is 0 Å². The molecule has 1 heterocycles. The first-order chi connectivity index (χ1) is 27.9. The maximum Gasteiger partial charge on any atom is 0.397 e. The fraction of sp³-hybridized carbons (Fsp3) is 0.0909. The maximum atomic E-state index is 13.7. The molecule has 0 bridgehead atoms. The van der Waals surface area contributed by atoms with Gasteiger partial charge in [0.05, 0.1) is 63.9 Å². The molecule has 1 aliphatic carbocycles. The number of fused-ring (bicyclic) bond motifs is 2. The molecule has 0 fully saturated rings. The molecule has 1 aromatic heterocycles. The highest BCUT2D eigenvalue weighted by atomic mass is 32.3. The number of aromatic nitrogens is 2. The predicted octanol–water partition coefficient (Wildman–Crippen LogP) is 2.97. The highest BCUT2D eigenvalue weighted by Gasteiger charge is 2.37. The number of sulfone groups is 1. The smallest absolute Gasteiger partial charge is 0.397 e. The molecule has 0 radical (unpaired) electrons. The molecule has 0 amide bonds. The maximum absolute atomic E-state index is 13.7. The van der Waals surface area contributed by atoms with Gasteiger partial charge < -0.3 is 20.9 Å². The van der Waals surface area contributed by atoms with Crippen LogP contribution in [-0.2, 0) is 49.4 Å². The van der Waals surface area contributed by atoms with E-state index in [1.165, 1.54) is 24.3 Å². The van der Waals surface area contributed by atoms with Gasteiger partial charge in [-0.25, -0.2) is 17.4 Å². The van der Waals surface area contributed by atoms with Crippen LogP contribution in [0.1, 0.15) is 42.3 Å². The second kappa shape index (κ2) is 15.6. The Labute approximate surface area is 338 Å². The Balaban J connectivity index is 1.40. The van der Waals surface area contributed by atoms with Crippen molar-refractivity contribution in [2.75, 3.05) is 30.5 Å². The number of carbonyl (C=O) groups is 3. The zero-order valence-electron chi connectivity index (χ0n) is 29.9. The molecule has 6 rings (SSSR count). The van der Waals surface area contributed by atoms with E-state index in [1.54, 1.807) is 0 Å². The van der Waals surface area contributed by atoms with Crippen molar-refractivity contribution >= 4 is 86.4 Å². The minimum absolute atomic E-state index is 0.0547. The van der Waals surface area contributed by atoms with Crippen molar-refractivity contribution in [3.63, 3.8) is 0 Å². The molecule has 0 atom stereocenters. The van der Waals surface area contributed by atoms with E-state index in [0.717, 1.165) is 49.6 Å². The van der Waals surface area contributed by atoms with Crippen LogP contribution in [0.25, 0.3) is 5.69 Å². The number of anilines is 3. The van der Waals surface area contributed by atoms with E-state index in [2.05, 4.69) is 24.8 Å². The third-order valence-corrected chi connectivity index (χ3v) is 12.4. The summed E-state index contributed by atoms with van der Waals surface area (Å²) in [6.45, 7) is -0.881. The number of hydrogen-bond acceptors (Lipinski definition) is 19. The molecule has 0 unspecified atom stereocenters. The monoisotopic (exact) mass is 906 g/mol. The molecular weight excluding hydrogens is 881 g/mol. The van der Waals surface area contributed by atoms with Gasteiger partial charge in [0.15, 0.2) is 27.1 Å². The molecule has 1 aliphatic rings. The van der Waals surface area contributed by atoms with Crippen LogP contribution in [-0.4, -0.2) is 99.2 Å². The lowest BCUT2D eigenvalue weighted by Crippen LogP contribution is -2.25. The lowest BCUT2D eigenvalue weighted by atomic mass is 9.82. The number of nitrogens with one attached hydrogen (secondary N) is 1. The third-order valence-electron chi connectivity index (χ3n) is 8.50. The summed E-state index contributed by atoms with van der Waals surface area (Å²) in [5.74, 6) is -4.69. The van der Waals surface area contributed by atoms with E-state index in [-0.39, 0.29) is 27.4 Å². The Morgan fingerprint density at radius 2 is 1.40 bits per heavy atom. The Morgan fingerprint density at radius 3 is 1.97 bits per heavy atom. The van der Waals surface area contributed by atoms with Crippen LogP contribution in [0.15, 0.2) is 97.7 Å². The highest BCUT2D eigenvalue weighted by Crippen LogP contribution is 2.42. The molecule has 0 saturated carbocycles. The minimum Gasteiger partial charge on any atom is -0.492 e. The van der Waals surface area contributed by atoms with E-state index in [9.17, 15) is 62.3 Å². The molecule has 0 saturated heterocycles. The number of azo groups is 1. The molecule has 4 aromatic carbocycles. The van der Waals surface area contributed by atoms with Gasteiger partial charge in [0.2, 0.25) is 11.6 Å². The molecule has 27 heteroatoms. The first-order valence-corrected chi connectivity index (χ1v) is 22.1. The summed E-state index contributed by atoms with van der Waals surface area (Å²) in [6.07, 6.45) is 0. The second-order valence-electron chi connectivity index (χ2n) is 12.2. The van der Waals surface area contributed by atoms with Crippen molar-refractivity contribution in [3.8, 4) is 11.6 Å². The average Bonchev–Trinajstić information content (AvgIpc) is 3.50. The Hall–Kier alpha value is -6.46. The van der Waals surface area contributed by atoms with Crippen LogP contribution < -0.4 is 11.1 Å². The highest BCUT2D eigenvalue weighted by molar-refractivity contribution is 7.91.